The fraction of sp³-hybridized carbons (Fsp3) is 0.467. The van der Waals surface area contributed by atoms with Gasteiger partial charge in [0.2, 0.25) is 0 Å². The molecule has 1 aliphatic carbocycles. The van der Waals surface area contributed by atoms with Crippen molar-refractivity contribution in [2.75, 3.05) is 0 Å². The van der Waals surface area contributed by atoms with Crippen molar-refractivity contribution in [1.29, 1.82) is 0 Å². The minimum atomic E-state index is -0.262. The SMILES string of the molecule is Cc1occc1C(=O)N[C@@H](c1cnn(C)c1)C1CC(O)C1. The third-order valence-electron chi connectivity index (χ3n) is 4.10. The number of nitrogens with one attached hydrogen (secondary N) is 1. The number of carbonyl (C=O) groups is 1. The van der Waals surface area contributed by atoms with E-state index in [0.717, 1.165) is 5.56 Å². The number of hydrogen-bond acceptors (Lipinski definition) is 4. The second-order valence-corrected chi connectivity index (χ2v) is 5.67. The molecule has 1 aliphatic rings. The van der Waals surface area contributed by atoms with Crippen LogP contribution in [-0.2, 0) is 7.05 Å². The first-order chi connectivity index (χ1) is 10.0. The van der Waals surface area contributed by atoms with E-state index in [0.29, 0.717) is 24.2 Å². The van der Waals surface area contributed by atoms with Crippen LogP contribution in [0, 0.1) is 12.8 Å². The topological polar surface area (TPSA) is 80.3 Å². The highest BCUT2D eigenvalue weighted by Gasteiger charge is 2.36. The van der Waals surface area contributed by atoms with Crippen molar-refractivity contribution in [3.05, 3.63) is 41.6 Å². The van der Waals surface area contributed by atoms with E-state index in [1.807, 2.05) is 13.2 Å². The van der Waals surface area contributed by atoms with Crippen molar-refractivity contribution in [2.24, 2.45) is 13.0 Å². The molecule has 21 heavy (non-hydrogen) atoms. The van der Waals surface area contributed by atoms with Crippen LogP contribution in [0.2, 0.25) is 0 Å². The number of carbonyl (C=O) groups excluding carboxylic acids is 1. The van der Waals surface area contributed by atoms with E-state index in [1.165, 1.54) is 6.26 Å². The molecule has 2 heterocycles. The first-order valence-electron chi connectivity index (χ1n) is 7.06. The lowest BCUT2D eigenvalue weighted by Crippen LogP contribution is -2.41. The summed E-state index contributed by atoms with van der Waals surface area (Å²) in [5.41, 5.74) is 1.51. The summed E-state index contributed by atoms with van der Waals surface area (Å²) in [5, 5.41) is 16.8. The van der Waals surface area contributed by atoms with E-state index in [9.17, 15) is 9.90 Å². The molecule has 3 rings (SSSR count). The smallest absolute Gasteiger partial charge is 0.255 e. The highest BCUT2D eigenvalue weighted by Crippen LogP contribution is 2.38. The van der Waals surface area contributed by atoms with Crippen LogP contribution in [0.3, 0.4) is 0 Å². The number of aliphatic hydroxyl groups excluding tert-OH is 1. The Bertz CT molecular complexity index is 640. The Balaban J connectivity index is 1.79. The number of furan rings is 1. The zero-order chi connectivity index (χ0) is 15.0. The van der Waals surface area contributed by atoms with Crippen LogP contribution in [0.4, 0.5) is 0 Å². The van der Waals surface area contributed by atoms with Gasteiger partial charge in [0.1, 0.15) is 5.76 Å². The Morgan fingerprint density at radius 2 is 2.33 bits per heavy atom. The van der Waals surface area contributed by atoms with Gasteiger partial charge in [0, 0.05) is 18.8 Å². The van der Waals surface area contributed by atoms with Gasteiger partial charge in [-0.3, -0.25) is 9.48 Å². The number of aromatic nitrogens is 2. The van der Waals surface area contributed by atoms with Crippen LogP contribution >= 0.6 is 0 Å². The minimum absolute atomic E-state index is 0.135. The standard InChI is InChI=1S/C15H19N3O3/c1-9-13(3-4-21-9)15(20)17-14(10-5-12(19)6-10)11-7-16-18(2)8-11/h3-4,7-8,10,12,14,19H,5-6H2,1-2H3,(H,17,20)/t10?,12?,14-/m1/s1. The van der Waals surface area contributed by atoms with Gasteiger partial charge in [-0.05, 0) is 31.7 Å². The lowest BCUT2D eigenvalue weighted by molar-refractivity contribution is 0.0235. The maximum atomic E-state index is 12.4. The summed E-state index contributed by atoms with van der Waals surface area (Å²) in [4.78, 5) is 12.4. The molecule has 2 aromatic heterocycles. The molecule has 0 aromatic carbocycles. The normalized spacial score (nSPS) is 22.6. The highest BCUT2D eigenvalue weighted by atomic mass is 16.3. The Kier molecular flexibility index (Phi) is 3.55. The first-order valence-corrected chi connectivity index (χ1v) is 7.06. The van der Waals surface area contributed by atoms with E-state index in [-0.39, 0.29) is 24.0 Å². The first kappa shape index (κ1) is 13.9. The summed E-state index contributed by atoms with van der Waals surface area (Å²) in [6.45, 7) is 1.76. The van der Waals surface area contributed by atoms with Crippen LogP contribution in [0.15, 0.2) is 29.1 Å². The summed E-state index contributed by atoms with van der Waals surface area (Å²) < 4.78 is 6.89. The Morgan fingerprint density at radius 3 is 2.86 bits per heavy atom. The molecule has 0 bridgehead atoms. The third-order valence-corrected chi connectivity index (χ3v) is 4.10. The van der Waals surface area contributed by atoms with Crippen molar-refractivity contribution in [3.8, 4) is 0 Å². The lowest BCUT2D eigenvalue weighted by atomic mass is 9.75. The minimum Gasteiger partial charge on any atom is -0.469 e. The molecular weight excluding hydrogens is 270 g/mol. The molecular formula is C15H19N3O3. The molecule has 0 saturated heterocycles. The molecule has 0 unspecified atom stereocenters. The van der Waals surface area contributed by atoms with Crippen molar-refractivity contribution < 1.29 is 14.3 Å². The van der Waals surface area contributed by atoms with E-state index in [4.69, 9.17) is 4.42 Å². The second kappa shape index (κ2) is 5.37. The van der Waals surface area contributed by atoms with E-state index in [1.54, 1.807) is 23.9 Å². The summed E-state index contributed by atoms with van der Waals surface area (Å²) in [6.07, 6.45) is 6.31. The van der Waals surface area contributed by atoms with Gasteiger partial charge in [-0.2, -0.15) is 5.10 Å². The number of hydrogen-bond donors (Lipinski definition) is 2. The van der Waals surface area contributed by atoms with E-state index in [2.05, 4.69) is 10.4 Å². The fourth-order valence-corrected chi connectivity index (χ4v) is 2.82. The van der Waals surface area contributed by atoms with Gasteiger partial charge >= 0.3 is 0 Å². The molecule has 1 fully saturated rings. The molecule has 6 heteroatoms. The Morgan fingerprint density at radius 1 is 1.57 bits per heavy atom. The molecule has 2 aromatic rings. The van der Waals surface area contributed by atoms with Crippen LogP contribution in [-0.4, -0.2) is 26.9 Å². The summed E-state index contributed by atoms with van der Waals surface area (Å²) in [7, 11) is 1.85. The van der Waals surface area contributed by atoms with Gasteiger partial charge in [0.25, 0.3) is 5.91 Å². The summed E-state index contributed by atoms with van der Waals surface area (Å²) >= 11 is 0. The second-order valence-electron chi connectivity index (χ2n) is 5.67. The number of aliphatic hydroxyl groups is 1. The monoisotopic (exact) mass is 289 g/mol. The van der Waals surface area contributed by atoms with Crippen molar-refractivity contribution in [1.82, 2.24) is 15.1 Å². The quantitative estimate of drug-likeness (QED) is 0.895. The number of aryl methyl sites for hydroxylation is 2. The number of rotatable bonds is 4. The predicted molar refractivity (Wildman–Crippen MR) is 75.6 cm³/mol. The van der Waals surface area contributed by atoms with E-state index < -0.39 is 0 Å². The third kappa shape index (κ3) is 2.71. The molecule has 112 valence electrons. The van der Waals surface area contributed by atoms with Crippen LogP contribution in [0.25, 0.3) is 0 Å². The zero-order valence-corrected chi connectivity index (χ0v) is 12.1. The fourth-order valence-electron chi connectivity index (χ4n) is 2.82. The molecule has 6 nitrogen and oxygen atoms in total. The average Bonchev–Trinajstić information content (AvgIpc) is 3.01. The predicted octanol–water partition coefficient (Wildman–Crippen LogP) is 1.56. The van der Waals surface area contributed by atoms with Gasteiger partial charge in [-0.1, -0.05) is 0 Å². The molecule has 1 amide bonds. The molecule has 1 atom stereocenters. The van der Waals surface area contributed by atoms with Crippen molar-refractivity contribution >= 4 is 5.91 Å². The maximum Gasteiger partial charge on any atom is 0.255 e. The van der Waals surface area contributed by atoms with Gasteiger partial charge in [0.15, 0.2) is 0 Å². The number of nitrogens with zero attached hydrogens (tertiary/aromatic N) is 2. The van der Waals surface area contributed by atoms with E-state index >= 15 is 0 Å². The van der Waals surface area contributed by atoms with Crippen molar-refractivity contribution in [2.45, 2.75) is 31.9 Å². The van der Waals surface area contributed by atoms with Gasteiger partial charge in [-0.25, -0.2) is 0 Å². The summed E-state index contributed by atoms with van der Waals surface area (Å²) in [5.74, 6) is 0.683. The van der Waals surface area contributed by atoms with Crippen molar-refractivity contribution in [3.63, 3.8) is 0 Å². The molecule has 1 saturated carbocycles. The van der Waals surface area contributed by atoms with Crippen LogP contribution in [0.5, 0.6) is 0 Å². The summed E-state index contributed by atoms with van der Waals surface area (Å²) in [6, 6.07) is 1.53. The number of amides is 1. The molecule has 0 aliphatic heterocycles. The lowest BCUT2D eigenvalue weighted by Gasteiger charge is -2.37. The zero-order valence-electron chi connectivity index (χ0n) is 12.1. The average molecular weight is 289 g/mol. The molecule has 2 N–H and O–H groups in total. The van der Waals surface area contributed by atoms with Crippen LogP contribution in [0.1, 0.15) is 40.6 Å². The molecule has 0 spiro atoms. The Labute approximate surface area is 122 Å². The van der Waals surface area contributed by atoms with Crippen LogP contribution < -0.4 is 5.32 Å². The van der Waals surface area contributed by atoms with Gasteiger partial charge < -0.3 is 14.8 Å². The van der Waals surface area contributed by atoms with Gasteiger partial charge in [0.05, 0.1) is 30.2 Å². The Hall–Kier alpha value is -2.08. The maximum absolute atomic E-state index is 12.4. The highest BCUT2D eigenvalue weighted by molar-refractivity contribution is 5.95. The van der Waals surface area contributed by atoms with Gasteiger partial charge in [-0.15, -0.1) is 0 Å². The molecule has 0 radical (unpaired) electrons. The largest absolute Gasteiger partial charge is 0.469 e.